The predicted molar refractivity (Wildman–Crippen MR) is 108 cm³/mol. The zero-order valence-electron chi connectivity index (χ0n) is 15.6. The van der Waals surface area contributed by atoms with Crippen LogP contribution in [-0.2, 0) is 9.59 Å². The molecule has 29 heavy (non-hydrogen) atoms. The highest BCUT2D eigenvalue weighted by Gasteiger charge is 2.37. The Balaban J connectivity index is 1.88. The number of para-hydroxylation sites is 2. The highest BCUT2D eigenvalue weighted by atomic mass is 32.2. The van der Waals surface area contributed by atoms with E-state index in [9.17, 15) is 14.4 Å². The van der Waals surface area contributed by atoms with E-state index >= 15 is 0 Å². The minimum absolute atomic E-state index is 0.238. The number of ether oxygens (including phenoxy) is 3. The standard InChI is InChI=1S/C20H17NO7S/c1-26-14-6-4-3-5-13(14)21-19(24)17(29-20(21)25)10-12-7-8-15(16(9-12)27-2)28-11-18(22)23/h3-10H,11H2,1-2H3,(H,22,23). The average molecular weight is 415 g/mol. The Hall–Kier alpha value is -3.46. The molecular weight excluding hydrogens is 398 g/mol. The second kappa shape index (κ2) is 8.70. The number of thioether (sulfide) groups is 1. The molecule has 9 heteroatoms. The Bertz CT molecular complexity index is 1000. The van der Waals surface area contributed by atoms with Crippen LogP contribution in [0.3, 0.4) is 0 Å². The predicted octanol–water partition coefficient (Wildman–Crippen LogP) is 3.41. The van der Waals surface area contributed by atoms with Gasteiger partial charge in [-0.3, -0.25) is 9.59 Å². The van der Waals surface area contributed by atoms with E-state index in [2.05, 4.69) is 0 Å². The molecule has 0 bridgehead atoms. The molecule has 3 rings (SSSR count). The van der Waals surface area contributed by atoms with E-state index in [1.807, 2.05) is 0 Å². The second-order valence-electron chi connectivity index (χ2n) is 5.78. The van der Waals surface area contributed by atoms with Gasteiger partial charge in [0.1, 0.15) is 5.75 Å². The van der Waals surface area contributed by atoms with Crippen LogP contribution in [-0.4, -0.2) is 43.0 Å². The Kier molecular flexibility index (Phi) is 6.08. The van der Waals surface area contributed by atoms with Gasteiger partial charge in [0.05, 0.1) is 24.8 Å². The highest BCUT2D eigenvalue weighted by molar-refractivity contribution is 8.19. The maximum atomic E-state index is 12.8. The van der Waals surface area contributed by atoms with Crippen LogP contribution in [0.4, 0.5) is 10.5 Å². The Labute approximate surface area is 170 Å². The number of nitrogens with zero attached hydrogens (tertiary/aromatic N) is 1. The summed E-state index contributed by atoms with van der Waals surface area (Å²) in [5.74, 6) is -0.591. The largest absolute Gasteiger partial charge is 0.495 e. The number of aliphatic carboxylic acids is 1. The first kappa shape index (κ1) is 20.3. The van der Waals surface area contributed by atoms with E-state index in [1.165, 1.54) is 20.3 Å². The Morgan fingerprint density at radius 1 is 1.07 bits per heavy atom. The number of hydrogen-bond acceptors (Lipinski definition) is 7. The van der Waals surface area contributed by atoms with Crippen LogP contribution in [0.5, 0.6) is 17.2 Å². The molecule has 0 atom stereocenters. The van der Waals surface area contributed by atoms with E-state index in [0.717, 1.165) is 16.7 Å². The van der Waals surface area contributed by atoms with Crippen LogP contribution >= 0.6 is 11.8 Å². The first-order valence-electron chi connectivity index (χ1n) is 8.38. The van der Waals surface area contributed by atoms with Crippen molar-refractivity contribution in [3.05, 3.63) is 52.9 Å². The lowest BCUT2D eigenvalue weighted by molar-refractivity contribution is -0.139. The van der Waals surface area contributed by atoms with Gasteiger partial charge in [-0.2, -0.15) is 0 Å². The molecule has 2 aromatic carbocycles. The fourth-order valence-corrected chi connectivity index (χ4v) is 3.51. The van der Waals surface area contributed by atoms with Crippen molar-refractivity contribution in [2.75, 3.05) is 25.7 Å². The van der Waals surface area contributed by atoms with Gasteiger partial charge in [-0.1, -0.05) is 18.2 Å². The van der Waals surface area contributed by atoms with Crippen LogP contribution in [0.25, 0.3) is 6.08 Å². The summed E-state index contributed by atoms with van der Waals surface area (Å²) in [6.45, 7) is -0.506. The van der Waals surface area contributed by atoms with Crippen LogP contribution in [0.1, 0.15) is 5.56 Å². The van der Waals surface area contributed by atoms with Gasteiger partial charge in [0.15, 0.2) is 18.1 Å². The molecule has 1 aliphatic heterocycles. The van der Waals surface area contributed by atoms with Gasteiger partial charge in [-0.15, -0.1) is 0 Å². The summed E-state index contributed by atoms with van der Waals surface area (Å²) in [5.41, 5.74) is 0.964. The molecule has 2 aromatic rings. The molecule has 0 spiro atoms. The van der Waals surface area contributed by atoms with E-state index in [1.54, 1.807) is 42.5 Å². The number of carbonyl (C=O) groups is 3. The number of amides is 2. The maximum Gasteiger partial charge on any atom is 0.341 e. The zero-order valence-corrected chi connectivity index (χ0v) is 16.4. The lowest BCUT2D eigenvalue weighted by atomic mass is 10.1. The molecular formula is C20H17NO7S. The number of imide groups is 1. The summed E-state index contributed by atoms with van der Waals surface area (Å²) < 4.78 is 15.6. The van der Waals surface area contributed by atoms with Crippen molar-refractivity contribution in [2.45, 2.75) is 0 Å². The third-order valence-electron chi connectivity index (χ3n) is 3.96. The van der Waals surface area contributed by atoms with Crippen molar-refractivity contribution < 1.29 is 33.7 Å². The van der Waals surface area contributed by atoms with Crippen LogP contribution in [0.2, 0.25) is 0 Å². The van der Waals surface area contributed by atoms with E-state index < -0.39 is 23.7 Å². The van der Waals surface area contributed by atoms with Crippen LogP contribution in [0.15, 0.2) is 47.4 Å². The third-order valence-corrected chi connectivity index (χ3v) is 4.83. The van der Waals surface area contributed by atoms with Crippen molar-refractivity contribution >= 4 is 40.6 Å². The fraction of sp³-hybridized carbons (Fsp3) is 0.150. The molecule has 2 amide bonds. The first-order valence-corrected chi connectivity index (χ1v) is 9.20. The van der Waals surface area contributed by atoms with Crippen LogP contribution < -0.4 is 19.1 Å². The van der Waals surface area contributed by atoms with Gasteiger partial charge in [0, 0.05) is 0 Å². The quantitative estimate of drug-likeness (QED) is 0.687. The summed E-state index contributed by atoms with van der Waals surface area (Å²) >= 11 is 0.816. The van der Waals surface area contributed by atoms with E-state index in [4.69, 9.17) is 19.3 Å². The van der Waals surface area contributed by atoms with Crippen molar-refractivity contribution in [3.8, 4) is 17.2 Å². The van der Waals surface area contributed by atoms with Gasteiger partial charge in [0.25, 0.3) is 11.1 Å². The van der Waals surface area contributed by atoms with Gasteiger partial charge < -0.3 is 19.3 Å². The molecule has 0 unspecified atom stereocenters. The second-order valence-corrected chi connectivity index (χ2v) is 6.77. The molecule has 0 aliphatic carbocycles. The molecule has 150 valence electrons. The van der Waals surface area contributed by atoms with Crippen molar-refractivity contribution in [2.24, 2.45) is 0 Å². The summed E-state index contributed by atoms with van der Waals surface area (Å²) in [5, 5.41) is 8.30. The number of rotatable bonds is 7. The summed E-state index contributed by atoms with van der Waals surface area (Å²) in [6.07, 6.45) is 1.56. The SMILES string of the molecule is COc1cc(C=C2SC(=O)N(c3ccccc3OC)C2=O)ccc1OCC(=O)O. The number of anilines is 1. The summed E-state index contributed by atoms with van der Waals surface area (Å²) in [7, 11) is 2.89. The summed E-state index contributed by atoms with van der Waals surface area (Å²) in [6, 6.07) is 11.5. The molecule has 1 heterocycles. The molecule has 8 nitrogen and oxygen atoms in total. The number of hydrogen-bond donors (Lipinski definition) is 1. The van der Waals surface area contributed by atoms with Crippen molar-refractivity contribution in [3.63, 3.8) is 0 Å². The zero-order chi connectivity index (χ0) is 21.0. The lowest BCUT2D eigenvalue weighted by Crippen LogP contribution is -2.28. The maximum absolute atomic E-state index is 12.8. The first-order chi connectivity index (χ1) is 13.9. The third kappa shape index (κ3) is 4.35. The van der Waals surface area contributed by atoms with Crippen LogP contribution in [0, 0.1) is 0 Å². The molecule has 1 saturated heterocycles. The number of carboxylic acids is 1. The average Bonchev–Trinajstić information content (AvgIpc) is 2.99. The van der Waals surface area contributed by atoms with Gasteiger partial charge in [0.2, 0.25) is 0 Å². The normalized spacial score (nSPS) is 15.0. The molecule has 1 fully saturated rings. The smallest absolute Gasteiger partial charge is 0.341 e. The van der Waals surface area contributed by atoms with Gasteiger partial charge >= 0.3 is 5.97 Å². The number of methoxy groups -OCH3 is 2. The van der Waals surface area contributed by atoms with Crippen molar-refractivity contribution in [1.29, 1.82) is 0 Å². The Morgan fingerprint density at radius 3 is 2.48 bits per heavy atom. The molecule has 1 aliphatic rings. The van der Waals surface area contributed by atoms with Gasteiger partial charge in [-0.25, -0.2) is 9.69 Å². The summed E-state index contributed by atoms with van der Waals surface area (Å²) in [4.78, 5) is 37.3. The monoisotopic (exact) mass is 415 g/mol. The number of carbonyl (C=O) groups excluding carboxylic acids is 2. The highest BCUT2D eigenvalue weighted by Crippen LogP contribution is 2.40. The topological polar surface area (TPSA) is 102 Å². The number of benzene rings is 2. The number of carboxylic acid groups (broad SMARTS) is 1. The molecule has 1 N–H and O–H groups in total. The lowest BCUT2D eigenvalue weighted by Gasteiger charge is -2.15. The minimum atomic E-state index is -1.11. The molecule has 0 radical (unpaired) electrons. The van der Waals surface area contributed by atoms with E-state index in [0.29, 0.717) is 22.7 Å². The Morgan fingerprint density at radius 2 is 1.79 bits per heavy atom. The molecule has 0 aromatic heterocycles. The van der Waals surface area contributed by atoms with Crippen molar-refractivity contribution in [1.82, 2.24) is 0 Å². The van der Waals surface area contributed by atoms with Gasteiger partial charge in [-0.05, 0) is 47.7 Å². The fourth-order valence-electron chi connectivity index (χ4n) is 2.67. The minimum Gasteiger partial charge on any atom is -0.495 e. The van der Waals surface area contributed by atoms with E-state index in [-0.39, 0.29) is 10.7 Å². The molecule has 0 saturated carbocycles.